The van der Waals surface area contributed by atoms with Crippen molar-refractivity contribution in [2.75, 3.05) is 10.2 Å². The third kappa shape index (κ3) is 11.2. The Balaban J connectivity index is 0.000000172. The van der Waals surface area contributed by atoms with Gasteiger partial charge in [0.1, 0.15) is 0 Å². The van der Waals surface area contributed by atoms with Crippen LogP contribution in [0, 0.1) is 81.8 Å². The minimum absolute atomic E-state index is 0. The SMILES string of the molecule is CC[C@]1(O)CC[C@H]2C(=CC[C@@H]3[C@@H]2CC[C@]2(C)[C@@H]([C@H](C)CI)CC[C@@H]32)C1.CC[C@]1(O)CC[C@H]2C(=CC[C@@H]3[C@@H]2CC[C@]2(C)[C@@H]([C@H](C)CS(=O)(=O)c4ccccc4)CC[C@@H]32)C1.O=S([O-])c1ccccc1.[Na+]. The summed E-state index contributed by atoms with van der Waals surface area (Å²) in [5.74, 6) is 9.31. The van der Waals surface area contributed by atoms with Crippen LogP contribution in [0.5, 0.6) is 0 Å². The predicted octanol–water partition coefficient (Wildman–Crippen LogP) is 10.7. The Bertz CT molecular complexity index is 2200. The fraction of sp³-hybridized carbons (Fsp3) is 0.724. The zero-order valence-corrected chi connectivity index (χ0v) is 48.5. The third-order valence-electron chi connectivity index (χ3n) is 20.8. The van der Waals surface area contributed by atoms with Crippen molar-refractivity contribution in [3.63, 3.8) is 0 Å². The normalized spacial score (nSPS) is 40.4. The van der Waals surface area contributed by atoms with E-state index in [0.29, 0.717) is 33.0 Å². The van der Waals surface area contributed by atoms with Crippen molar-refractivity contribution in [3.8, 4) is 0 Å². The minimum atomic E-state index is -3.25. The summed E-state index contributed by atoms with van der Waals surface area (Å²) in [6, 6.07) is 17.2. The van der Waals surface area contributed by atoms with Gasteiger partial charge in [-0.1, -0.05) is 124 Å². The molecule has 6 nitrogen and oxygen atoms in total. The van der Waals surface area contributed by atoms with Gasteiger partial charge < -0.3 is 14.8 Å². The predicted molar refractivity (Wildman–Crippen MR) is 281 cm³/mol. The van der Waals surface area contributed by atoms with E-state index in [0.717, 1.165) is 92.3 Å². The molecule has 8 aliphatic carbocycles. The summed E-state index contributed by atoms with van der Waals surface area (Å²) < 4.78 is 47.9. The zero-order valence-electron chi connectivity index (χ0n) is 42.7. The van der Waals surface area contributed by atoms with Crippen LogP contribution >= 0.6 is 22.6 Å². The minimum Gasteiger partial charge on any atom is -0.768 e. The number of alkyl halides is 1. The molecule has 6 saturated carbocycles. The van der Waals surface area contributed by atoms with Crippen LogP contribution in [0.3, 0.4) is 0 Å². The Labute approximate surface area is 450 Å². The summed E-state index contributed by atoms with van der Waals surface area (Å²) in [5, 5.41) is 21.7. The number of benzene rings is 2. The molecule has 10 rings (SSSR count). The smallest absolute Gasteiger partial charge is 0.768 e. The van der Waals surface area contributed by atoms with Gasteiger partial charge in [-0.2, -0.15) is 0 Å². The molecule has 6 fully saturated rings. The molecule has 0 bridgehead atoms. The van der Waals surface area contributed by atoms with Crippen LogP contribution in [0.4, 0.5) is 0 Å². The van der Waals surface area contributed by atoms with Crippen molar-refractivity contribution in [1.82, 2.24) is 0 Å². The molecule has 2 aromatic rings. The standard InChI is InChI=1S/C29H42O3S.C23H37IO.C6H6O2S.Na/c1-4-29(30)17-15-23-21(18-29)10-11-25-24(23)14-16-28(3)26(12-13-27(25)28)20(2)19-33(31,32)22-8-6-5-7-9-22;1-4-23(25)12-10-17-16(13-23)5-6-19-18(17)9-11-22(3)20(15(2)14-24)7-8-21(19)22;7-9(8)6-4-2-1-3-5-6;/h5-10,20,23-27,30H,4,11-19H2,1-3H3;5,15,17-21,25H,4,6-14H2,1-3H3;1-5H,(H,7,8);/q;;;+1/p-1/t20-,23+,24-,25-,26-,27+,28-,29+;15-,17+,18-,19-,20-,21+,22-,23+;;/m11../s1. The number of fused-ring (bicyclic) bond motifs is 10. The molecule has 0 amide bonds. The second-order valence-corrected chi connectivity index (χ2v) is 27.8. The third-order valence-corrected chi connectivity index (χ3v) is 24.8. The van der Waals surface area contributed by atoms with Gasteiger partial charge >= 0.3 is 29.6 Å². The fourth-order valence-electron chi connectivity index (χ4n) is 17.1. The molecule has 10 heteroatoms. The van der Waals surface area contributed by atoms with Gasteiger partial charge in [-0.05, 0) is 233 Å². The first-order valence-electron chi connectivity index (χ1n) is 26.7. The summed E-state index contributed by atoms with van der Waals surface area (Å²) in [7, 11) is -3.25. The summed E-state index contributed by atoms with van der Waals surface area (Å²) in [6.45, 7) is 14.1. The van der Waals surface area contributed by atoms with E-state index in [9.17, 15) is 27.4 Å². The van der Waals surface area contributed by atoms with Gasteiger partial charge in [-0.25, -0.2) is 8.42 Å². The second kappa shape index (κ2) is 22.6. The van der Waals surface area contributed by atoms with E-state index < -0.39 is 32.1 Å². The number of rotatable bonds is 9. The van der Waals surface area contributed by atoms with E-state index in [1.54, 1.807) is 53.6 Å². The van der Waals surface area contributed by atoms with Crippen LogP contribution in [0.1, 0.15) is 157 Å². The van der Waals surface area contributed by atoms with Crippen molar-refractivity contribution in [1.29, 1.82) is 0 Å². The van der Waals surface area contributed by atoms with E-state index >= 15 is 0 Å². The van der Waals surface area contributed by atoms with Crippen molar-refractivity contribution in [2.45, 2.75) is 178 Å². The van der Waals surface area contributed by atoms with Crippen molar-refractivity contribution in [2.24, 2.45) is 81.8 Å². The molecular formula is C58H84INaO6S2. The Morgan fingerprint density at radius 1 is 0.662 bits per heavy atom. The molecule has 68 heavy (non-hydrogen) atoms. The maximum Gasteiger partial charge on any atom is 1.00 e. The monoisotopic (exact) mass is 1090 g/mol. The maximum absolute atomic E-state index is 13.1. The van der Waals surface area contributed by atoms with Crippen molar-refractivity contribution < 1.29 is 56.9 Å². The number of hydrogen-bond acceptors (Lipinski definition) is 6. The van der Waals surface area contributed by atoms with Gasteiger partial charge in [0.15, 0.2) is 9.84 Å². The molecule has 0 heterocycles. The Morgan fingerprint density at radius 3 is 1.51 bits per heavy atom. The summed E-state index contributed by atoms with van der Waals surface area (Å²) in [5.41, 5.74) is 3.18. The molecular weight excluding hydrogens is 1010 g/mol. The molecule has 0 radical (unpaired) electrons. The van der Waals surface area contributed by atoms with Gasteiger partial charge in [0.2, 0.25) is 0 Å². The van der Waals surface area contributed by atoms with E-state index in [-0.39, 0.29) is 46.6 Å². The fourth-order valence-corrected chi connectivity index (χ4v) is 19.8. The molecule has 0 aliphatic heterocycles. The summed E-state index contributed by atoms with van der Waals surface area (Å²) in [4.78, 5) is 0.798. The van der Waals surface area contributed by atoms with Gasteiger partial charge in [0.05, 0.1) is 21.9 Å². The molecule has 372 valence electrons. The van der Waals surface area contributed by atoms with Crippen molar-refractivity contribution >= 4 is 43.5 Å². The first-order valence-corrected chi connectivity index (χ1v) is 30.9. The van der Waals surface area contributed by atoms with Crippen LogP contribution in [-0.4, -0.2) is 48.8 Å². The molecule has 0 spiro atoms. The first kappa shape index (κ1) is 55.4. The average molecular weight is 1090 g/mol. The van der Waals surface area contributed by atoms with E-state index in [1.807, 2.05) is 18.2 Å². The van der Waals surface area contributed by atoms with E-state index in [2.05, 4.69) is 76.3 Å². The molecule has 1 unspecified atom stereocenters. The quantitative estimate of drug-likeness (QED) is 0.0850. The molecule has 2 aromatic carbocycles. The zero-order chi connectivity index (χ0) is 47.9. The van der Waals surface area contributed by atoms with E-state index in [4.69, 9.17) is 0 Å². The average Bonchev–Trinajstić information content (AvgIpc) is 3.88. The Hall–Kier alpha value is -0.370. The van der Waals surface area contributed by atoms with Gasteiger partial charge in [0, 0.05) is 9.32 Å². The molecule has 2 N–H and O–H groups in total. The van der Waals surface area contributed by atoms with Crippen LogP contribution in [-0.2, 0) is 20.9 Å². The second-order valence-electron chi connectivity index (χ2n) is 23.9. The van der Waals surface area contributed by atoms with Crippen molar-refractivity contribution in [3.05, 3.63) is 84.0 Å². The molecule has 17 atom stereocenters. The Morgan fingerprint density at radius 2 is 1.10 bits per heavy atom. The van der Waals surface area contributed by atoms with Crippen LogP contribution < -0.4 is 29.6 Å². The van der Waals surface area contributed by atoms with Crippen LogP contribution in [0.15, 0.2) is 93.8 Å². The number of sulfone groups is 1. The number of halogens is 1. The molecule has 8 aliphatic rings. The first-order chi connectivity index (χ1) is 31.9. The van der Waals surface area contributed by atoms with Gasteiger partial charge in [0.25, 0.3) is 0 Å². The molecule has 0 aromatic heterocycles. The summed E-state index contributed by atoms with van der Waals surface area (Å²) >= 11 is 0.530. The number of allylic oxidation sites excluding steroid dienone is 2. The largest absolute Gasteiger partial charge is 1.00 e. The van der Waals surface area contributed by atoms with Gasteiger partial charge in [-0.15, -0.1) is 0 Å². The summed E-state index contributed by atoms with van der Waals surface area (Å²) in [6.07, 6.45) is 26.4. The van der Waals surface area contributed by atoms with E-state index in [1.165, 1.54) is 75.1 Å². The maximum atomic E-state index is 13.1. The number of aliphatic hydroxyl groups is 2. The van der Waals surface area contributed by atoms with Crippen LogP contribution in [0.2, 0.25) is 0 Å². The Kier molecular flexibility index (Phi) is 18.4. The number of hydrogen-bond donors (Lipinski definition) is 2. The molecule has 0 saturated heterocycles. The van der Waals surface area contributed by atoms with Crippen LogP contribution in [0.25, 0.3) is 0 Å². The topological polar surface area (TPSA) is 115 Å². The van der Waals surface area contributed by atoms with Gasteiger partial charge in [-0.3, -0.25) is 4.21 Å².